The van der Waals surface area contributed by atoms with Crippen molar-refractivity contribution in [1.29, 1.82) is 0 Å². The van der Waals surface area contributed by atoms with Crippen LogP contribution in [0.3, 0.4) is 0 Å². The van der Waals surface area contributed by atoms with Crippen molar-refractivity contribution in [3.05, 3.63) is 34.9 Å². The van der Waals surface area contributed by atoms with E-state index in [1.165, 1.54) is 17.5 Å². The summed E-state index contributed by atoms with van der Waals surface area (Å²) in [6, 6.07) is 6.62. The highest BCUT2D eigenvalue weighted by molar-refractivity contribution is 5.94. The molecule has 1 aromatic rings. The van der Waals surface area contributed by atoms with Crippen LogP contribution in [0.5, 0.6) is 0 Å². The molecule has 0 heterocycles. The van der Waals surface area contributed by atoms with Gasteiger partial charge in [0, 0.05) is 24.7 Å². The highest BCUT2D eigenvalue weighted by Crippen LogP contribution is 2.31. The molecule has 3 nitrogen and oxygen atoms in total. The van der Waals surface area contributed by atoms with Gasteiger partial charge < -0.3 is 10.6 Å². The van der Waals surface area contributed by atoms with Gasteiger partial charge in [0.15, 0.2) is 0 Å². The van der Waals surface area contributed by atoms with Crippen LogP contribution in [0.2, 0.25) is 0 Å². The number of nitrogens with zero attached hydrogens (tertiary/aromatic N) is 1. The molecule has 2 N–H and O–H groups in total. The standard InChI is InChI=1S/C15H20N2O/c1-17(12-3-2-4-12)15(18)11-5-7-13-10(9-11)6-8-14(13)16/h5,7,9,12,14H,2-4,6,8,16H2,1H3/t14-/m1/s1. The van der Waals surface area contributed by atoms with E-state index in [2.05, 4.69) is 0 Å². The first kappa shape index (κ1) is 11.7. The minimum atomic E-state index is 0.156. The van der Waals surface area contributed by atoms with E-state index in [4.69, 9.17) is 5.73 Å². The van der Waals surface area contributed by atoms with E-state index in [0.717, 1.165) is 31.2 Å². The van der Waals surface area contributed by atoms with Crippen molar-refractivity contribution in [3.8, 4) is 0 Å². The number of benzene rings is 1. The Labute approximate surface area is 108 Å². The molecule has 2 aliphatic carbocycles. The van der Waals surface area contributed by atoms with Gasteiger partial charge in [0.05, 0.1) is 0 Å². The summed E-state index contributed by atoms with van der Waals surface area (Å²) in [4.78, 5) is 14.3. The minimum Gasteiger partial charge on any atom is -0.339 e. The lowest BCUT2D eigenvalue weighted by Gasteiger charge is -2.34. The molecule has 2 aliphatic rings. The number of rotatable bonds is 2. The molecule has 3 heteroatoms. The van der Waals surface area contributed by atoms with E-state index in [0.29, 0.717) is 6.04 Å². The van der Waals surface area contributed by atoms with Crippen molar-refractivity contribution < 1.29 is 4.79 Å². The van der Waals surface area contributed by atoms with Gasteiger partial charge in [0.2, 0.25) is 0 Å². The van der Waals surface area contributed by atoms with Gasteiger partial charge in [-0.2, -0.15) is 0 Å². The zero-order valence-corrected chi connectivity index (χ0v) is 10.9. The Morgan fingerprint density at radius 3 is 2.78 bits per heavy atom. The largest absolute Gasteiger partial charge is 0.339 e. The van der Waals surface area contributed by atoms with Crippen LogP contribution in [-0.2, 0) is 6.42 Å². The van der Waals surface area contributed by atoms with Crippen LogP contribution in [0.4, 0.5) is 0 Å². The van der Waals surface area contributed by atoms with Crippen molar-refractivity contribution in [2.75, 3.05) is 7.05 Å². The molecule has 0 aliphatic heterocycles. The summed E-state index contributed by atoms with van der Waals surface area (Å²) in [7, 11) is 1.92. The number of hydrogen-bond acceptors (Lipinski definition) is 2. The number of nitrogens with two attached hydrogens (primary N) is 1. The van der Waals surface area contributed by atoms with Gasteiger partial charge in [0.25, 0.3) is 5.91 Å². The number of amides is 1. The Balaban J connectivity index is 1.82. The fraction of sp³-hybridized carbons (Fsp3) is 0.533. The fourth-order valence-corrected chi connectivity index (χ4v) is 2.93. The molecule has 1 aromatic carbocycles. The average molecular weight is 244 g/mol. The Morgan fingerprint density at radius 2 is 2.11 bits per heavy atom. The third-order valence-electron chi connectivity index (χ3n) is 4.46. The van der Waals surface area contributed by atoms with Crippen LogP contribution < -0.4 is 5.73 Å². The van der Waals surface area contributed by atoms with Crippen LogP contribution >= 0.6 is 0 Å². The SMILES string of the molecule is CN(C(=O)c1ccc2c(c1)CC[C@H]2N)C1CCC1. The molecular weight excluding hydrogens is 224 g/mol. The molecule has 1 fully saturated rings. The Morgan fingerprint density at radius 1 is 1.33 bits per heavy atom. The highest BCUT2D eigenvalue weighted by atomic mass is 16.2. The second-order valence-corrected chi connectivity index (χ2v) is 5.56. The Hall–Kier alpha value is -1.35. The maximum Gasteiger partial charge on any atom is 0.253 e. The first-order chi connectivity index (χ1) is 8.66. The Bertz CT molecular complexity index is 479. The van der Waals surface area contributed by atoms with Gasteiger partial charge in [-0.3, -0.25) is 4.79 Å². The van der Waals surface area contributed by atoms with E-state index >= 15 is 0 Å². The zero-order valence-electron chi connectivity index (χ0n) is 10.9. The summed E-state index contributed by atoms with van der Waals surface area (Å²) >= 11 is 0. The summed E-state index contributed by atoms with van der Waals surface area (Å²) in [6.07, 6.45) is 5.56. The molecule has 3 rings (SSSR count). The Kier molecular flexibility index (Phi) is 2.86. The summed E-state index contributed by atoms with van der Waals surface area (Å²) in [6.45, 7) is 0. The molecule has 0 radical (unpaired) electrons. The summed E-state index contributed by atoms with van der Waals surface area (Å²) < 4.78 is 0. The quantitative estimate of drug-likeness (QED) is 0.867. The maximum atomic E-state index is 12.4. The number of carbonyl (C=O) groups excluding carboxylic acids is 1. The molecule has 1 amide bonds. The third kappa shape index (κ3) is 1.83. The highest BCUT2D eigenvalue weighted by Gasteiger charge is 2.27. The van der Waals surface area contributed by atoms with Crippen LogP contribution in [0.25, 0.3) is 0 Å². The van der Waals surface area contributed by atoms with Gasteiger partial charge in [0.1, 0.15) is 0 Å². The molecular formula is C15H20N2O. The second-order valence-electron chi connectivity index (χ2n) is 5.56. The predicted molar refractivity (Wildman–Crippen MR) is 71.4 cm³/mol. The smallest absolute Gasteiger partial charge is 0.253 e. The number of fused-ring (bicyclic) bond motifs is 1. The van der Waals surface area contributed by atoms with Crippen LogP contribution in [0.15, 0.2) is 18.2 Å². The van der Waals surface area contributed by atoms with Gasteiger partial charge in [-0.05, 0) is 55.4 Å². The summed E-state index contributed by atoms with van der Waals surface area (Å²) in [5, 5.41) is 0. The predicted octanol–water partition coefficient (Wildman–Crippen LogP) is 2.26. The lowest BCUT2D eigenvalue weighted by molar-refractivity contribution is 0.0652. The first-order valence-corrected chi connectivity index (χ1v) is 6.82. The topological polar surface area (TPSA) is 46.3 Å². The zero-order chi connectivity index (χ0) is 12.7. The van der Waals surface area contributed by atoms with E-state index in [9.17, 15) is 4.79 Å². The minimum absolute atomic E-state index is 0.156. The average Bonchev–Trinajstić information content (AvgIpc) is 2.67. The second kappa shape index (κ2) is 4.39. The van der Waals surface area contributed by atoms with Crippen molar-refractivity contribution in [3.63, 3.8) is 0 Å². The van der Waals surface area contributed by atoms with Crippen molar-refractivity contribution in [1.82, 2.24) is 4.90 Å². The molecule has 96 valence electrons. The molecule has 1 saturated carbocycles. The number of carbonyl (C=O) groups is 1. The van der Waals surface area contributed by atoms with Crippen molar-refractivity contribution >= 4 is 5.91 Å². The van der Waals surface area contributed by atoms with Gasteiger partial charge in [-0.1, -0.05) is 6.07 Å². The van der Waals surface area contributed by atoms with Crippen molar-refractivity contribution in [2.45, 2.75) is 44.2 Å². The lowest BCUT2D eigenvalue weighted by atomic mass is 9.91. The first-order valence-electron chi connectivity index (χ1n) is 6.82. The fourth-order valence-electron chi connectivity index (χ4n) is 2.93. The number of aryl methyl sites for hydroxylation is 1. The van der Waals surface area contributed by atoms with Crippen LogP contribution in [0, 0.1) is 0 Å². The molecule has 0 spiro atoms. The summed E-state index contributed by atoms with van der Waals surface area (Å²) in [5.74, 6) is 0.156. The normalized spacial score (nSPS) is 22.4. The van der Waals surface area contributed by atoms with Crippen molar-refractivity contribution in [2.24, 2.45) is 5.73 Å². The van der Waals surface area contributed by atoms with E-state index in [1.54, 1.807) is 0 Å². The monoisotopic (exact) mass is 244 g/mol. The summed E-state index contributed by atoms with van der Waals surface area (Å²) in [5.41, 5.74) is 9.31. The van der Waals surface area contributed by atoms with Gasteiger partial charge in [-0.15, -0.1) is 0 Å². The molecule has 18 heavy (non-hydrogen) atoms. The van der Waals surface area contributed by atoms with Gasteiger partial charge >= 0.3 is 0 Å². The van der Waals surface area contributed by atoms with E-state index in [-0.39, 0.29) is 11.9 Å². The van der Waals surface area contributed by atoms with E-state index in [1.807, 2.05) is 30.1 Å². The molecule has 0 aromatic heterocycles. The lowest BCUT2D eigenvalue weighted by Crippen LogP contribution is -2.41. The maximum absolute atomic E-state index is 12.4. The van der Waals surface area contributed by atoms with Gasteiger partial charge in [-0.25, -0.2) is 0 Å². The van der Waals surface area contributed by atoms with Crippen LogP contribution in [-0.4, -0.2) is 23.9 Å². The van der Waals surface area contributed by atoms with E-state index < -0.39 is 0 Å². The molecule has 1 atom stereocenters. The number of hydrogen-bond donors (Lipinski definition) is 1. The molecule has 0 unspecified atom stereocenters. The van der Waals surface area contributed by atoms with Crippen LogP contribution in [0.1, 0.15) is 53.2 Å². The third-order valence-corrected chi connectivity index (χ3v) is 4.46. The molecule has 0 saturated heterocycles. The molecule has 0 bridgehead atoms.